The van der Waals surface area contributed by atoms with Crippen LogP contribution in [0, 0.1) is 0 Å². The fourth-order valence-corrected chi connectivity index (χ4v) is 6.58. The molecule has 47 heavy (non-hydrogen) atoms. The van der Waals surface area contributed by atoms with E-state index in [1.807, 2.05) is 7.05 Å². The summed E-state index contributed by atoms with van der Waals surface area (Å²) in [4.78, 5) is 23.2. The molecule has 12 nitrogen and oxygen atoms in total. The molecule has 1 amide bonds. The molecule has 1 saturated heterocycles. The quantitative estimate of drug-likeness (QED) is 0.327. The van der Waals surface area contributed by atoms with Crippen molar-refractivity contribution in [3.63, 3.8) is 0 Å². The van der Waals surface area contributed by atoms with Crippen molar-refractivity contribution in [2.45, 2.75) is 43.3 Å². The number of piperidine rings is 1. The third kappa shape index (κ3) is 7.61. The maximum atomic E-state index is 14.1. The monoisotopic (exact) mass is 678 g/mol. The number of anilines is 2. The van der Waals surface area contributed by atoms with E-state index < -0.39 is 39.8 Å². The molecule has 1 aliphatic heterocycles. The molecule has 0 spiro atoms. The summed E-state index contributed by atoms with van der Waals surface area (Å²) in [6, 6.07) is 10.5. The van der Waals surface area contributed by atoms with Gasteiger partial charge in [-0.15, -0.1) is 0 Å². The number of hydrogen-bond acceptors (Lipinski definition) is 10. The molecule has 0 radical (unpaired) electrons. The highest BCUT2D eigenvalue weighted by atomic mass is 32.2. The number of aromatic nitrogens is 2. The van der Waals surface area contributed by atoms with Gasteiger partial charge in [-0.25, -0.2) is 13.4 Å². The Kier molecular flexibility index (Phi) is 9.96. The van der Waals surface area contributed by atoms with E-state index in [0.717, 1.165) is 22.7 Å². The van der Waals surface area contributed by atoms with Gasteiger partial charge in [0.05, 0.1) is 37.2 Å². The largest absolute Gasteiger partial charge is 0.495 e. The van der Waals surface area contributed by atoms with Gasteiger partial charge in [0.25, 0.3) is 5.91 Å². The van der Waals surface area contributed by atoms with Crippen LogP contribution in [0.1, 0.15) is 39.5 Å². The van der Waals surface area contributed by atoms with Gasteiger partial charge in [0, 0.05) is 38.9 Å². The number of carbonyl (C=O) groups excluding carboxylic acids is 1. The highest BCUT2D eigenvalue weighted by Gasteiger charge is 2.43. The van der Waals surface area contributed by atoms with Gasteiger partial charge in [-0.2, -0.15) is 22.5 Å². The van der Waals surface area contributed by atoms with E-state index in [4.69, 9.17) is 14.2 Å². The molecule has 2 aromatic carbocycles. The summed E-state index contributed by atoms with van der Waals surface area (Å²) in [5.41, 5.74) is 0.754. The fourth-order valence-electron chi connectivity index (χ4n) is 5.92. The first-order chi connectivity index (χ1) is 22.2. The van der Waals surface area contributed by atoms with Crippen molar-refractivity contribution in [2.75, 3.05) is 53.0 Å². The van der Waals surface area contributed by atoms with E-state index in [9.17, 15) is 26.4 Å². The lowest BCUT2D eigenvalue weighted by molar-refractivity contribution is -0.140. The van der Waals surface area contributed by atoms with Crippen LogP contribution >= 0.6 is 0 Å². The van der Waals surface area contributed by atoms with E-state index in [0.29, 0.717) is 30.3 Å². The van der Waals surface area contributed by atoms with Crippen molar-refractivity contribution in [1.29, 1.82) is 0 Å². The van der Waals surface area contributed by atoms with E-state index in [-0.39, 0.29) is 41.9 Å². The number of ether oxygens (including phenoxy) is 3. The van der Waals surface area contributed by atoms with Crippen molar-refractivity contribution in [1.82, 2.24) is 24.5 Å². The van der Waals surface area contributed by atoms with Crippen LogP contribution < -0.4 is 20.1 Å². The lowest BCUT2D eigenvalue weighted by atomic mass is 10.0. The van der Waals surface area contributed by atoms with Gasteiger partial charge < -0.3 is 29.7 Å². The molecular weight excluding hydrogens is 641 g/mol. The zero-order chi connectivity index (χ0) is 34.1. The van der Waals surface area contributed by atoms with Crippen molar-refractivity contribution >= 4 is 27.6 Å². The average molecular weight is 679 g/mol. The number of likely N-dealkylation sites (N-methyl/N-ethyl adjacent to an activating group) is 2. The summed E-state index contributed by atoms with van der Waals surface area (Å²) < 4.78 is 85.3. The molecule has 16 heteroatoms. The Morgan fingerprint density at radius 2 is 1.87 bits per heavy atom. The number of fused-ring (bicyclic) bond motifs is 1. The van der Waals surface area contributed by atoms with Crippen LogP contribution in [0.5, 0.6) is 11.6 Å². The standard InChI is InChI=1S/C31H37F3N6O6S/c1-39-13-12-23(26(17-39)45-4)36-28(41)19-10-11-22(24(15-19)44-3)37-30-35-16-21(31(32,33)34)29(38-30)46-25-14-18-8-6-7-9-20(18)27(25)40(2)47(5,42)43/h6-11,15-16,23,25-27H,12-14,17H2,1-5H3,(H,36,41)(H,35,37,38)/t23-,25+,26+,27-/m0/s1. The summed E-state index contributed by atoms with van der Waals surface area (Å²) in [6.07, 6.45) is -3.55. The molecule has 4 atom stereocenters. The first kappa shape index (κ1) is 34.3. The summed E-state index contributed by atoms with van der Waals surface area (Å²) in [7, 11) is 2.59. The second-order valence-electron chi connectivity index (χ2n) is 11.6. The highest BCUT2D eigenvalue weighted by molar-refractivity contribution is 7.88. The molecule has 0 saturated carbocycles. The molecule has 0 unspecified atom stereocenters. The maximum absolute atomic E-state index is 14.1. The predicted octanol–water partition coefficient (Wildman–Crippen LogP) is 3.63. The van der Waals surface area contributed by atoms with E-state index in [1.54, 1.807) is 37.4 Å². The lowest BCUT2D eigenvalue weighted by Crippen LogP contribution is -2.53. The smallest absolute Gasteiger partial charge is 0.423 e. The first-order valence-electron chi connectivity index (χ1n) is 14.8. The van der Waals surface area contributed by atoms with Crippen molar-refractivity contribution in [2.24, 2.45) is 0 Å². The van der Waals surface area contributed by atoms with E-state index in [1.165, 1.54) is 26.3 Å². The number of nitrogens with zero attached hydrogens (tertiary/aromatic N) is 4. The van der Waals surface area contributed by atoms with Crippen LogP contribution in [0.3, 0.4) is 0 Å². The summed E-state index contributed by atoms with van der Waals surface area (Å²) in [6.45, 7) is 1.48. The number of likely N-dealkylation sites (tertiary alicyclic amines) is 1. The molecule has 2 heterocycles. The number of alkyl halides is 3. The third-order valence-electron chi connectivity index (χ3n) is 8.48. The Hall–Kier alpha value is -3.99. The normalized spacial score (nSPS) is 21.7. The van der Waals surface area contributed by atoms with Gasteiger partial charge in [0.15, 0.2) is 0 Å². The molecule has 2 N–H and O–H groups in total. The van der Waals surface area contributed by atoms with Crippen LogP contribution in [-0.4, -0.2) is 99.4 Å². The minimum Gasteiger partial charge on any atom is -0.495 e. The Bertz CT molecular complexity index is 1730. The summed E-state index contributed by atoms with van der Waals surface area (Å²) >= 11 is 0. The Balaban J connectivity index is 1.40. The summed E-state index contributed by atoms with van der Waals surface area (Å²) in [5, 5.41) is 5.86. The van der Waals surface area contributed by atoms with Crippen LogP contribution in [0.4, 0.5) is 24.8 Å². The Labute approximate surface area is 271 Å². The fraction of sp³-hybridized carbons (Fsp3) is 0.452. The van der Waals surface area contributed by atoms with Crippen molar-refractivity contribution < 1.29 is 40.6 Å². The molecule has 5 rings (SSSR count). The average Bonchev–Trinajstić information content (AvgIpc) is 3.38. The SMILES string of the molecule is COc1cc(C(=O)N[C@H]2CCN(C)C[C@H]2OC)ccc1Nc1ncc(C(F)(F)F)c(O[C@@H]2Cc3ccccc3[C@@H]2N(C)S(C)(=O)=O)n1. The number of halogens is 3. The number of hydrogen-bond donors (Lipinski definition) is 2. The lowest BCUT2D eigenvalue weighted by Gasteiger charge is -2.36. The van der Waals surface area contributed by atoms with Crippen molar-refractivity contribution in [3.05, 3.63) is 70.9 Å². The van der Waals surface area contributed by atoms with Crippen LogP contribution in [0.15, 0.2) is 48.7 Å². The van der Waals surface area contributed by atoms with Gasteiger partial charge in [0.1, 0.15) is 17.4 Å². The van der Waals surface area contributed by atoms with Gasteiger partial charge in [-0.05, 0) is 49.3 Å². The number of rotatable bonds is 10. The number of methoxy groups -OCH3 is 2. The predicted molar refractivity (Wildman–Crippen MR) is 167 cm³/mol. The number of benzene rings is 2. The van der Waals surface area contributed by atoms with Crippen LogP contribution in [0.2, 0.25) is 0 Å². The van der Waals surface area contributed by atoms with Crippen LogP contribution in [-0.2, 0) is 27.4 Å². The van der Waals surface area contributed by atoms with E-state index in [2.05, 4.69) is 25.5 Å². The molecule has 1 aromatic heterocycles. The molecule has 3 aromatic rings. The first-order valence-corrected chi connectivity index (χ1v) is 16.6. The Morgan fingerprint density at radius 1 is 1.13 bits per heavy atom. The number of nitrogens with one attached hydrogen (secondary N) is 2. The number of sulfonamides is 1. The minimum absolute atomic E-state index is 0.158. The second kappa shape index (κ2) is 13.6. The highest BCUT2D eigenvalue weighted by Crippen LogP contribution is 2.42. The molecule has 254 valence electrons. The number of carbonyl (C=O) groups is 1. The van der Waals surface area contributed by atoms with Crippen molar-refractivity contribution in [3.8, 4) is 11.6 Å². The Morgan fingerprint density at radius 3 is 2.55 bits per heavy atom. The topological polar surface area (TPSA) is 135 Å². The van der Waals surface area contributed by atoms with Crippen LogP contribution in [0.25, 0.3) is 0 Å². The van der Waals surface area contributed by atoms with Gasteiger partial charge in [-0.1, -0.05) is 24.3 Å². The molecule has 0 bridgehead atoms. The van der Waals surface area contributed by atoms with Gasteiger partial charge in [0.2, 0.25) is 21.9 Å². The zero-order valence-electron chi connectivity index (χ0n) is 26.5. The second-order valence-corrected chi connectivity index (χ2v) is 13.7. The van der Waals surface area contributed by atoms with Gasteiger partial charge >= 0.3 is 6.18 Å². The molecule has 2 aliphatic rings. The minimum atomic E-state index is -4.86. The van der Waals surface area contributed by atoms with E-state index >= 15 is 0 Å². The molecule has 1 fully saturated rings. The molecule has 1 aliphatic carbocycles. The van der Waals surface area contributed by atoms with Gasteiger partial charge in [-0.3, -0.25) is 4.79 Å². The third-order valence-corrected chi connectivity index (χ3v) is 9.75. The zero-order valence-corrected chi connectivity index (χ0v) is 27.4. The molecular formula is C31H37F3N6O6S. The number of amides is 1. The maximum Gasteiger partial charge on any atom is 0.423 e. The summed E-state index contributed by atoms with van der Waals surface area (Å²) in [5.74, 6) is -1.11.